The van der Waals surface area contributed by atoms with Gasteiger partial charge in [-0.25, -0.2) is 14.6 Å². The van der Waals surface area contributed by atoms with Gasteiger partial charge in [-0.15, -0.1) is 12.4 Å². The zero-order valence-electron chi connectivity index (χ0n) is 11.5. The van der Waals surface area contributed by atoms with Gasteiger partial charge >= 0.3 is 12.0 Å². The predicted molar refractivity (Wildman–Crippen MR) is 89.6 cm³/mol. The summed E-state index contributed by atoms with van der Waals surface area (Å²) in [5, 5.41) is 5.15. The van der Waals surface area contributed by atoms with Gasteiger partial charge in [-0.2, -0.15) is 0 Å². The number of rotatable bonds is 3. The van der Waals surface area contributed by atoms with E-state index in [0.29, 0.717) is 11.5 Å². The largest absolute Gasteiger partial charge is 0.465 e. The third-order valence-electron chi connectivity index (χ3n) is 2.55. The van der Waals surface area contributed by atoms with Gasteiger partial charge in [-0.05, 0) is 40.2 Å². The molecule has 22 heavy (non-hydrogen) atoms. The smallest absolute Gasteiger partial charge is 0.339 e. The topological polar surface area (TPSA) is 80.3 Å². The van der Waals surface area contributed by atoms with Crippen LogP contribution in [0.4, 0.5) is 16.3 Å². The molecule has 8 heteroatoms. The first kappa shape index (κ1) is 17.9. The van der Waals surface area contributed by atoms with Crippen LogP contribution in [0.2, 0.25) is 0 Å². The van der Waals surface area contributed by atoms with Gasteiger partial charge in [0, 0.05) is 10.7 Å². The van der Waals surface area contributed by atoms with Gasteiger partial charge in [0.25, 0.3) is 0 Å². The molecule has 0 unspecified atom stereocenters. The third-order valence-corrected chi connectivity index (χ3v) is 3.02. The van der Waals surface area contributed by atoms with Crippen molar-refractivity contribution in [2.45, 2.75) is 0 Å². The lowest BCUT2D eigenvalue weighted by molar-refractivity contribution is 0.0602. The van der Waals surface area contributed by atoms with Crippen molar-refractivity contribution in [3.8, 4) is 0 Å². The van der Waals surface area contributed by atoms with Gasteiger partial charge in [0.05, 0.1) is 18.4 Å². The highest BCUT2D eigenvalue weighted by atomic mass is 79.9. The molecular formula is C14H13BrClN3O3. The third kappa shape index (κ3) is 4.71. The fourth-order valence-corrected chi connectivity index (χ4v) is 1.83. The van der Waals surface area contributed by atoms with Crippen LogP contribution in [0.3, 0.4) is 0 Å². The molecular weight excluding hydrogens is 374 g/mol. The molecule has 0 radical (unpaired) electrons. The summed E-state index contributed by atoms with van der Waals surface area (Å²) in [6.45, 7) is 0. The predicted octanol–water partition coefficient (Wildman–Crippen LogP) is 3.70. The van der Waals surface area contributed by atoms with E-state index in [1.54, 1.807) is 42.6 Å². The van der Waals surface area contributed by atoms with Crippen LogP contribution in [-0.2, 0) is 4.74 Å². The van der Waals surface area contributed by atoms with E-state index in [1.165, 1.54) is 7.11 Å². The van der Waals surface area contributed by atoms with Crippen LogP contribution in [0.1, 0.15) is 10.4 Å². The number of pyridine rings is 1. The van der Waals surface area contributed by atoms with E-state index in [-0.39, 0.29) is 18.0 Å². The Bertz CT molecular complexity index is 665. The second-order valence-electron chi connectivity index (χ2n) is 3.98. The lowest BCUT2D eigenvalue weighted by Gasteiger charge is -2.10. The van der Waals surface area contributed by atoms with Crippen LogP contribution in [0.15, 0.2) is 47.1 Å². The van der Waals surface area contributed by atoms with Gasteiger partial charge in [0.15, 0.2) is 0 Å². The maximum absolute atomic E-state index is 11.9. The summed E-state index contributed by atoms with van der Waals surface area (Å²) in [5.74, 6) is -0.126. The fraction of sp³-hybridized carbons (Fsp3) is 0.0714. The molecule has 6 nitrogen and oxygen atoms in total. The number of hydrogen-bond acceptors (Lipinski definition) is 4. The van der Waals surface area contributed by atoms with Gasteiger partial charge in [-0.3, -0.25) is 5.32 Å². The number of aromatic nitrogens is 1. The molecule has 2 aromatic rings. The first-order valence-electron chi connectivity index (χ1n) is 5.97. The first-order chi connectivity index (χ1) is 10.1. The lowest BCUT2D eigenvalue weighted by Crippen LogP contribution is -2.21. The van der Waals surface area contributed by atoms with Gasteiger partial charge < -0.3 is 10.1 Å². The minimum absolute atomic E-state index is 0. The van der Waals surface area contributed by atoms with Crippen LogP contribution < -0.4 is 10.6 Å². The van der Waals surface area contributed by atoms with E-state index in [0.717, 1.165) is 4.47 Å². The Morgan fingerprint density at radius 1 is 1.14 bits per heavy atom. The second-order valence-corrected chi connectivity index (χ2v) is 4.89. The summed E-state index contributed by atoms with van der Waals surface area (Å²) in [5.41, 5.74) is 0.637. The number of para-hydroxylation sites is 1. The second kappa shape index (κ2) is 8.35. The van der Waals surface area contributed by atoms with E-state index in [9.17, 15) is 9.59 Å². The Balaban J connectivity index is 0.00000242. The Morgan fingerprint density at radius 3 is 2.50 bits per heavy atom. The minimum Gasteiger partial charge on any atom is -0.465 e. The van der Waals surface area contributed by atoms with Crippen LogP contribution in [0, 0.1) is 0 Å². The van der Waals surface area contributed by atoms with Crippen molar-refractivity contribution >= 4 is 51.8 Å². The highest BCUT2D eigenvalue weighted by molar-refractivity contribution is 9.10. The number of carbonyl (C=O) groups is 2. The average Bonchev–Trinajstić information content (AvgIpc) is 2.49. The number of nitrogens with zero attached hydrogens (tertiary/aromatic N) is 1. The molecule has 0 aliphatic heterocycles. The van der Waals surface area contributed by atoms with E-state index in [4.69, 9.17) is 0 Å². The highest BCUT2D eigenvalue weighted by Crippen LogP contribution is 2.16. The van der Waals surface area contributed by atoms with Crippen molar-refractivity contribution in [2.75, 3.05) is 17.7 Å². The van der Waals surface area contributed by atoms with Crippen LogP contribution >= 0.6 is 28.3 Å². The normalized spacial score (nSPS) is 9.36. The van der Waals surface area contributed by atoms with Crippen molar-refractivity contribution < 1.29 is 14.3 Å². The number of nitrogens with one attached hydrogen (secondary N) is 2. The van der Waals surface area contributed by atoms with E-state index in [2.05, 4.69) is 36.3 Å². The zero-order chi connectivity index (χ0) is 15.2. The lowest BCUT2D eigenvalue weighted by atomic mass is 10.2. The molecule has 0 saturated carbocycles. The molecule has 0 spiro atoms. The summed E-state index contributed by atoms with van der Waals surface area (Å²) in [7, 11) is 1.28. The average molecular weight is 387 g/mol. The van der Waals surface area contributed by atoms with Crippen LogP contribution in [-0.4, -0.2) is 24.1 Å². The molecule has 2 rings (SSSR count). The Kier molecular flexibility index (Phi) is 6.81. The Labute approximate surface area is 141 Å². The number of urea groups is 1. The highest BCUT2D eigenvalue weighted by Gasteiger charge is 2.13. The Morgan fingerprint density at radius 2 is 1.86 bits per heavy atom. The number of methoxy groups -OCH3 is 1. The van der Waals surface area contributed by atoms with Gasteiger partial charge in [0.1, 0.15) is 5.82 Å². The van der Waals surface area contributed by atoms with Crippen LogP contribution in [0.25, 0.3) is 0 Å². The number of amides is 2. The number of benzene rings is 1. The number of esters is 1. The van der Waals surface area contributed by atoms with E-state index < -0.39 is 12.0 Å². The maximum Gasteiger partial charge on any atom is 0.339 e. The molecule has 0 saturated heterocycles. The number of ether oxygens (including phenoxy) is 1. The summed E-state index contributed by atoms with van der Waals surface area (Å²) >= 11 is 3.26. The van der Waals surface area contributed by atoms with Gasteiger partial charge in [0.2, 0.25) is 0 Å². The number of carbonyl (C=O) groups excluding carboxylic acids is 2. The SMILES string of the molecule is COC(=O)c1ccccc1NC(=O)Nc1ccc(Br)cn1.Cl. The number of anilines is 2. The molecule has 1 heterocycles. The first-order valence-corrected chi connectivity index (χ1v) is 6.76. The van der Waals surface area contributed by atoms with E-state index >= 15 is 0 Å². The molecule has 1 aromatic carbocycles. The molecule has 2 amide bonds. The molecule has 0 fully saturated rings. The Hall–Kier alpha value is -2.12. The molecule has 1 aromatic heterocycles. The van der Waals surface area contributed by atoms with Gasteiger partial charge in [-0.1, -0.05) is 12.1 Å². The van der Waals surface area contributed by atoms with Crippen molar-refractivity contribution in [1.29, 1.82) is 0 Å². The summed E-state index contributed by atoms with van der Waals surface area (Å²) in [6, 6.07) is 9.48. The van der Waals surface area contributed by atoms with Crippen molar-refractivity contribution in [3.63, 3.8) is 0 Å². The quantitative estimate of drug-likeness (QED) is 0.788. The van der Waals surface area contributed by atoms with Crippen LogP contribution in [0.5, 0.6) is 0 Å². The number of halogens is 2. The summed E-state index contributed by atoms with van der Waals surface area (Å²) in [4.78, 5) is 27.5. The summed E-state index contributed by atoms with van der Waals surface area (Å²) < 4.78 is 5.47. The molecule has 0 aliphatic carbocycles. The molecule has 0 bridgehead atoms. The molecule has 2 N–H and O–H groups in total. The zero-order valence-corrected chi connectivity index (χ0v) is 13.9. The minimum atomic E-state index is -0.521. The molecule has 0 aliphatic rings. The fourth-order valence-electron chi connectivity index (χ4n) is 1.60. The monoisotopic (exact) mass is 385 g/mol. The van der Waals surface area contributed by atoms with E-state index in [1.807, 2.05) is 0 Å². The molecule has 0 atom stereocenters. The summed E-state index contributed by atoms with van der Waals surface area (Å²) in [6.07, 6.45) is 1.57. The maximum atomic E-state index is 11.9. The van der Waals surface area contributed by atoms with Crippen molar-refractivity contribution in [1.82, 2.24) is 4.98 Å². The molecule has 116 valence electrons. The number of hydrogen-bond donors (Lipinski definition) is 2. The van der Waals surface area contributed by atoms with Crippen molar-refractivity contribution in [2.24, 2.45) is 0 Å². The standard InChI is InChI=1S/C14H12BrN3O3.ClH/c1-21-13(19)10-4-2-3-5-11(10)17-14(20)18-12-7-6-9(15)8-16-12;/h2-8H,1H3,(H2,16,17,18,20);1H. The van der Waals surface area contributed by atoms with Crippen molar-refractivity contribution in [3.05, 3.63) is 52.6 Å².